The topological polar surface area (TPSA) is 67.6 Å². The predicted molar refractivity (Wildman–Crippen MR) is 99.7 cm³/mol. The van der Waals surface area contributed by atoms with Crippen LogP contribution in [0.25, 0.3) is 17.3 Å². The molecule has 132 valence electrons. The Morgan fingerprint density at radius 1 is 1.07 bits per heavy atom. The number of aromatic nitrogens is 3. The fraction of sp³-hybridized carbons (Fsp3) is 0.0500. The molecule has 27 heavy (non-hydrogen) atoms. The molecule has 0 atom stereocenters. The molecule has 0 spiro atoms. The van der Waals surface area contributed by atoms with Crippen molar-refractivity contribution in [1.29, 1.82) is 5.26 Å². The highest BCUT2D eigenvalue weighted by atomic mass is 32.2. The van der Waals surface area contributed by atoms with E-state index in [1.165, 1.54) is 24.1 Å². The summed E-state index contributed by atoms with van der Waals surface area (Å²) in [6.07, 6.45) is 1.54. The van der Waals surface area contributed by atoms with Gasteiger partial charge < -0.3 is 4.42 Å². The third-order valence-corrected chi connectivity index (χ3v) is 4.89. The van der Waals surface area contributed by atoms with Crippen LogP contribution >= 0.6 is 11.8 Å². The predicted octanol–water partition coefficient (Wildman–Crippen LogP) is 4.83. The van der Waals surface area contributed by atoms with Crippen LogP contribution in [0.4, 0.5) is 4.39 Å². The van der Waals surface area contributed by atoms with Crippen molar-refractivity contribution in [2.24, 2.45) is 0 Å². The number of halogens is 1. The first kappa shape index (κ1) is 17.1. The van der Waals surface area contributed by atoms with E-state index in [2.05, 4.69) is 16.3 Å². The van der Waals surface area contributed by atoms with Gasteiger partial charge in [-0.15, -0.1) is 10.2 Å². The van der Waals surface area contributed by atoms with Crippen LogP contribution < -0.4 is 0 Å². The molecule has 2 heterocycles. The van der Waals surface area contributed by atoms with Crippen LogP contribution in [0.2, 0.25) is 0 Å². The maximum atomic E-state index is 14.5. The van der Waals surface area contributed by atoms with Crippen molar-refractivity contribution in [3.05, 3.63) is 83.9 Å². The number of rotatable bonds is 5. The number of hydrogen-bond donors (Lipinski definition) is 0. The zero-order valence-corrected chi connectivity index (χ0v) is 14.9. The molecule has 0 unspecified atom stereocenters. The van der Waals surface area contributed by atoms with Gasteiger partial charge in [0, 0.05) is 5.75 Å². The monoisotopic (exact) mass is 376 g/mol. The van der Waals surface area contributed by atoms with Gasteiger partial charge in [0.1, 0.15) is 5.82 Å². The summed E-state index contributed by atoms with van der Waals surface area (Å²) in [7, 11) is 0. The van der Waals surface area contributed by atoms with Gasteiger partial charge >= 0.3 is 0 Å². The highest BCUT2D eigenvalue weighted by Crippen LogP contribution is 2.31. The summed E-state index contributed by atoms with van der Waals surface area (Å²) >= 11 is 1.41. The second-order valence-corrected chi connectivity index (χ2v) is 6.61. The van der Waals surface area contributed by atoms with E-state index < -0.39 is 0 Å². The molecule has 4 rings (SSSR count). The van der Waals surface area contributed by atoms with E-state index in [9.17, 15) is 4.39 Å². The molecule has 0 bridgehead atoms. The maximum Gasteiger partial charge on any atom is 0.205 e. The van der Waals surface area contributed by atoms with E-state index >= 15 is 0 Å². The van der Waals surface area contributed by atoms with Gasteiger partial charge in [-0.05, 0) is 42.0 Å². The van der Waals surface area contributed by atoms with Gasteiger partial charge in [-0.2, -0.15) is 5.26 Å². The first-order valence-corrected chi connectivity index (χ1v) is 9.11. The van der Waals surface area contributed by atoms with Gasteiger partial charge in [-0.1, -0.05) is 36.0 Å². The zero-order chi connectivity index (χ0) is 18.6. The summed E-state index contributed by atoms with van der Waals surface area (Å²) in [6.45, 7) is 0. The minimum absolute atomic E-state index is 0.349. The summed E-state index contributed by atoms with van der Waals surface area (Å²) < 4.78 is 21.5. The van der Waals surface area contributed by atoms with E-state index in [0.717, 1.165) is 5.56 Å². The van der Waals surface area contributed by atoms with Gasteiger partial charge in [-0.3, -0.25) is 4.57 Å². The number of furan rings is 1. The van der Waals surface area contributed by atoms with Crippen LogP contribution in [-0.2, 0) is 5.75 Å². The van der Waals surface area contributed by atoms with Gasteiger partial charge in [-0.25, -0.2) is 4.39 Å². The van der Waals surface area contributed by atoms with Crippen molar-refractivity contribution >= 4 is 11.8 Å². The summed E-state index contributed by atoms with van der Waals surface area (Å²) in [5, 5.41) is 18.0. The third kappa shape index (κ3) is 3.48. The van der Waals surface area contributed by atoms with Crippen molar-refractivity contribution in [2.45, 2.75) is 10.9 Å². The number of nitriles is 1. The lowest BCUT2D eigenvalue weighted by Crippen LogP contribution is -2.02. The number of para-hydroxylation sites is 1. The van der Waals surface area contributed by atoms with Crippen LogP contribution in [0.5, 0.6) is 0 Å². The van der Waals surface area contributed by atoms with Crippen LogP contribution in [0.3, 0.4) is 0 Å². The summed E-state index contributed by atoms with van der Waals surface area (Å²) in [5.41, 5.74) is 1.92. The molecule has 4 aromatic rings. The molecular formula is C20H13FN4OS. The quantitative estimate of drug-likeness (QED) is 0.467. The minimum Gasteiger partial charge on any atom is -0.461 e. The van der Waals surface area contributed by atoms with Crippen molar-refractivity contribution < 1.29 is 8.81 Å². The lowest BCUT2D eigenvalue weighted by Gasteiger charge is -2.10. The lowest BCUT2D eigenvalue weighted by atomic mass is 10.2. The second kappa shape index (κ2) is 7.48. The van der Waals surface area contributed by atoms with Gasteiger partial charge in [0.05, 0.1) is 23.6 Å². The normalized spacial score (nSPS) is 10.7. The Hall–Kier alpha value is -3.37. The summed E-state index contributed by atoms with van der Waals surface area (Å²) in [4.78, 5) is 0. The van der Waals surface area contributed by atoms with Gasteiger partial charge in [0.25, 0.3) is 0 Å². The number of benzene rings is 2. The van der Waals surface area contributed by atoms with E-state index in [1.807, 2.05) is 18.2 Å². The molecule has 0 aliphatic rings. The zero-order valence-electron chi connectivity index (χ0n) is 14.0. The van der Waals surface area contributed by atoms with Crippen molar-refractivity contribution in [3.8, 4) is 23.3 Å². The van der Waals surface area contributed by atoms with E-state index in [1.54, 1.807) is 41.0 Å². The molecule has 5 nitrogen and oxygen atoms in total. The summed E-state index contributed by atoms with van der Waals surface area (Å²) in [5.74, 6) is 1.13. The molecule has 0 saturated carbocycles. The van der Waals surface area contributed by atoms with E-state index in [0.29, 0.717) is 33.7 Å². The average Bonchev–Trinajstić information content (AvgIpc) is 3.36. The Morgan fingerprint density at radius 3 is 2.74 bits per heavy atom. The Morgan fingerprint density at radius 2 is 1.96 bits per heavy atom. The lowest BCUT2D eigenvalue weighted by molar-refractivity contribution is 0.572. The molecule has 0 amide bonds. The number of nitrogens with zero attached hydrogens (tertiary/aromatic N) is 4. The molecule has 0 N–H and O–H groups in total. The molecule has 2 aromatic carbocycles. The first-order valence-electron chi connectivity index (χ1n) is 8.12. The fourth-order valence-electron chi connectivity index (χ4n) is 2.66. The average molecular weight is 376 g/mol. The first-order chi connectivity index (χ1) is 13.3. The maximum absolute atomic E-state index is 14.5. The largest absolute Gasteiger partial charge is 0.461 e. The fourth-order valence-corrected chi connectivity index (χ4v) is 3.55. The van der Waals surface area contributed by atoms with Crippen molar-refractivity contribution in [3.63, 3.8) is 0 Å². The Balaban J connectivity index is 1.73. The van der Waals surface area contributed by atoms with Crippen LogP contribution in [-0.4, -0.2) is 14.8 Å². The Bertz CT molecular complexity index is 1120. The van der Waals surface area contributed by atoms with Crippen LogP contribution in [0.15, 0.2) is 76.5 Å². The van der Waals surface area contributed by atoms with Crippen molar-refractivity contribution in [2.75, 3.05) is 0 Å². The van der Waals surface area contributed by atoms with Crippen molar-refractivity contribution in [1.82, 2.24) is 14.8 Å². The summed E-state index contributed by atoms with van der Waals surface area (Å²) in [6, 6.07) is 19.4. The molecule has 0 aliphatic carbocycles. The minimum atomic E-state index is -0.376. The number of hydrogen-bond acceptors (Lipinski definition) is 5. The number of thioether (sulfide) groups is 1. The second-order valence-electron chi connectivity index (χ2n) is 5.67. The molecule has 2 aromatic heterocycles. The smallest absolute Gasteiger partial charge is 0.205 e. The highest BCUT2D eigenvalue weighted by molar-refractivity contribution is 7.98. The third-order valence-electron chi connectivity index (χ3n) is 3.89. The van der Waals surface area contributed by atoms with E-state index in [-0.39, 0.29) is 5.82 Å². The van der Waals surface area contributed by atoms with Gasteiger partial charge in [0.2, 0.25) is 5.82 Å². The molecule has 0 fully saturated rings. The van der Waals surface area contributed by atoms with Gasteiger partial charge in [0.15, 0.2) is 10.9 Å². The molecule has 0 radical (unpaired) electrons. The molecular weight excluding hydrogens is 363 g/mol. The standard InChI is InChI=1S/C20H13FN4OS/c21-16-7-1-2-8-17(16)25-19(18-9-4-10-26-18)23-24-20(25)27-13-15-6-3-5-14(11-15)12-22/h1-11H,13H2. The SMILES string of the molecule is N#Cc1cccc(CSc2nnc(-c3ccco3)n2-c2ccccc2F)c1. The van der Waals surface area contributed by atoms with Crippen LogP contribution in [0.1, 0.15) is 11.1 Å². The van der Waals surface area contributed by atoms with Crippen LogP contribution in [0, 0.1) is 17.1 Å². The molecule has 0 saturated heterocycles. The molecule has 0 aliphatic heterocycles. The Labute approximate surface area is 159 Å². The highest BCUT2D eigenvalue weighted by Gasteiger charge is 2.20. The molecule has 7 heteroatoms. The van der Waals surface area contributed by atoms with E-state index in [4.69, 9.17) is 9.68 Å². The Kier molecular flexibility index (Phi) is 4.73.